The summed E-state index contributed by atoms with van der Waals surface area (Å²) < 4.78 is 2.79. The molecule has 1 aliphatic heterocycles. The minimum atomic E-state index is 0.517. The van der Waals surface area contributed by atoms with E-state index in [2.05, 4.69) is 49.2 Å². The number of rotatable bonds is 2. The van der Waals surface area contributed by atoms with Gasteiger partial charge in [0.2, 0.25) is 10.7 Å². The van der Waals surface area contributed by atoms with Crippen molar-refractivity contribution in [3.05, 3.63) is 29.3 Å². The highest BCUT2D eigenvalue weighted by Crippen LogP contribution is 2.23. The van der Waals surface area contributed by atoms with E-state index in [0.717, 1.165) is 19.0 Å². The SMILES string of the molecule is S=c1nc(N2CCCC(n3cccc3)C2)[nH][nH]1. The van der Waals surface area contributed by atoms with Crippen LogP contribution in [0, 0.1) is 4.77 Å². The molecule has 0 aromatic carbocycles. The number of nitrogens with zero attached hydrogens (tertiary/aromatic N) is 3. The topological polar surface area (TPSA) is 52.6 Å². The molecule has 2 N–H and O–H groups in total. The predicted octanol–water partition coefficient (Wildman–Crippen LogP) is 2.11. The quantitative estimate of drug-likeness (QED) is 0.801. The predicted molar refractivity (Wildman–Crippen MR) is 68.7 cm³/mol. The van der Waals surface area contributed by atoms with Gasteiger partial charge in [0.25, 0.3) is 0 Å². The van der Waals surface area contributed by atoms with E-state index in [1.165, 1.54) is 12.8 Å². The van der Waals surface area contributed by atoms with Crippen LogP contribution in [-0.4, -0.2) is 32.8 Å². The molecule has 0 aliphatic carbocycles. The van der Waals surface area contributed by atoms with E-state index < -0.39 is 0 Å². The maximum atomic E-state index is 4.98. The molecule has 0 bridgehead atoms. The number of aromatic nitrogens is 4. The second kappa shape index (κ2) is 4.37. The van der Waals surface area contributed by atoms with Gasteiger partial charge < -0.3 is 9.47 Å². The van der Waals surface area contributed by atoms with Gasteiger partial charge in [0.05, 0.1) is 6.04 Å². The molecule has 1 saturated heterocycles. The van der Waals surface area contributed by atoms with Gasteiger partial charge >= 0.3 is 0 Å². The highest BCUT2D eigenvalue weighted by Gasteiger charge is 2.22. The molecule has 90 valence electrons. The largest absolute Gasteiger partial charge is 0.349 e. The summed E-state index contributed by atoms with van der Waals surface area (Å²) in [5.41, 5.74) is 0. The molecule has 17 heavy (non-hydrogen) atoms. The normalized spacial score (nSPS) is 20.7. The first-order valence-electron chi connectivity index (χ1n) is 5.85. The molecule has 5 nitrogen and oxygen atoms in total. The summed E-state index contributed by atoms with van der Waals surface area (Å²) >= 11 is 4.98. The Morgan fingerprint density at radius 3 is 2.82 bits per heavy atom. The van der Waals surface area contributed by atoms with Crippen molar-refractivity contribution in [2.75, 3.05) is 18.0 Å². The molecule has 0 radical (unpaired) electrons. The molecule has 1 unspecified atom stereocenters. The third-order valence-corrected chi connectivity index (χ3v) is 3.43. The number of nitrogens with one attached hydrogen (secondary N) is 2. The van der Waals surface area contributed by atoms with Crippen LogP contribution in [0.1, 0.15) is 18.9 Å². The summed E-state index contributed by atoms with van der Waals surface area (Å²) in [7, 11) is 0. The highest BCUT2D eigenvalue weighted by molar-refractivity contribution is 7.71. The number of hydrogen-bond acceptors (Lipinski definition) is 3. The van der Waals surface area contributed by atoms with Crippen LogP contribution < -0.4 is 4.90 Å². The summed E-state index contributed by atoms with van der Waals surface area (Å²) in [6.07, 6.45) is 6.65. The van der Waals surface area contributed by atoms with Gasteiger partial charge in [-0.2, -0.15) is 4.98 Å². The Kier molecular flexibility index (Phi) is 2.72. The first kappa shape index (κ1) is 10.6. The lowest BCUT2D eigenvalue weighted by Crippen LogP contribution is -2.36. The van der Waals surface area contributed by atoms with Gasteiger partial charge in [0.1, 0.15) is 0 Å². The van der Waals surface area contributed by atoms with E-state index in [9.17, 15) is 0 Å². The summed E-state index contributed by atoms with van der Waals surface area (Å²) in [5, 5.41) is 5.86. The lowest BCUT2D eigenvalue weighted by molar-refractivity contribution is 0.403. The molecular formula is C11H15N5S. The third-order valence-electron chi connectivity index (χ3n) is 3.23. The zero-order valence-corrected chi connectivity index (χ0v) is 10.3. The van der Waals surface area contributed by atoms with E-state index in [1.54, 1.807) is 0 Å². The third kappa shape index (κ3) is 2.12. The van der Waals surface area contributed by atoms with E-state index in [-0.39, 0.29) is 0 Å². The van der Waals surface area contributed by atoms with Crippen LogP contribution in [0.4, 0.5) is 5.95 Å². The van der Waals surface area contributed by atoms with Crippen LogP contribution in [0.3, 0.4) is 0 Å². The molecule has 3 heterocycles. The standard InChI is InChI=1S/C11H15N5S/c17-11-12-10(13-14-11)16-7-3-4-9(8-16)15-5-1-2-6-15/h1-2,5-6,9H,3-4,7-8H2,(H2,12,13,14,17). The van der Waals surface area contributed by atoms with Crippen LogP contribution in [-0.2, 0) is 0 Å². The number of hydrogen-bond donors (Lipinski definition) is 2. The van der Waals surface area contributed by atoms with Gasteiger partial charge in [0.15, 0.2) is 0 Å². The molecule has 1 aliphatic rings. The fourth-order valence-electron chi connectivity index (χ4n) is 2.39. The molecule has 6 heteroatoms. The first-order chi connectivity index (χ1) is 8.33. The molecular weight excluding hydrogens is 234 g/mol. The lowest BCUT2D eigenvalue weighted by Gasteiger charge is -2.33. The Balaban J connectivity index is 1.78. The van der Waals surface area contributed by atoms with Gasteiger partial charge in [-0.1, -0.05) is 0 Å². The van der Waals surface area contributed by atoms with Crippen molar-refractivity contribution in [3.8, 4) is 0 Å². The van der Waals surface area contributed by atoms with Crippen molar-refractivity contribution in [1.29, 1.82) is 0 Å². The molecule has 2 aromatic rings. The maximum Gasteiger partial charge on any atom is 0.220 e. The molecule has 0 saturated carbocycles. The second-order valence-electron chi connectivity index (χ2n) is 4.36. The van der Waals surface area contributed by atoms with Crippen molar-refractivity contribution in [2.45, 2.75) is 18.9 Å². The molecule has 1 atom stereocenters. The Morgan fingerprint density at radius 1 is 1.29 bits per heavy atom. The van der Waals surface area contributed by atoms with Crippen molar-refractivity contribution < 1.29 is 0 Å². The average Bonchev–Trinajstić information content (AvgIpc) is 3.00. The van der Waals surface area contributed by atoms with Gasteiger partial charge in [-0.15, -0.1) is 0 Å². The number of H-pyrrole nitrogens is 2. The number of piperidine rings is 1. The summed E-state index contributed by atoms with van der Waals surface area (Å²) in [6.45, 7) is 2.01. The Hall–Kier alpha value is -1.56. The fraction of sp³-hybridized carbons (Fsp3) is 0.455. The molecule has 1 fully saturated rings. The zero-order valence-electron chi connectivity index (χ0n) is 9.47. The summed E-state index contributed by atoms with van der Waals surface area (Å²) in [6, 6.07) is 4.67. The molecule has 3 rings (SSSR count). The Labute approximate surface area is 104 Å². The monoisotopic (exact) mass is 249 g/mol. The summed E-state index contributed by atoms with van der Waals surface area (Å²) in [4.78, 5) is 6.52. The van der Waals surface area contributed by atoms with Gasteiger partial charge in [0, 0.05) is 25.5 Å². The van der Waals surface area contributed by atoms with Crippen molar-refractivity contribution >= 4 is 18.2 Å². The minimum Gasteiger partial charge on any atom is -0.349 e. The van der Waals surface area contributed by atoms with E-state index >= 15 is 0 Å². The van der Waals surface area contributed by atoms with Crippen LogP contribution in [0.25, 0.3) is 0 Å². The van der Waals surface area contributed by atoms with Crippen LogP contribution in [0.5, 0.6) is 0 Å². The van der Waals surface area contributed by atoms with E-state index in [4.69, 9.17) is 12.2 Å². The van der Waals surface area contributed by atoms with Crippen molar-refractivity contribution in [1.82, 2.24) is 19.7 Å². The minimum absolute atomic E-state index is 0.517. The Morgan fingerprint density at radius 2 is 2.12 bits per heavy atom. The van der Waals surface area contributed by atoms with Crippen molar-refractivity contribution in [2.24, 2.45) is 0 Å². The van der Waals surface area contributed by atoms with Gasteiger partial charge in [-0.3, -0.25) is 10.2 Å². The summed E-state index contributed by atoms with van der Waals surface area (Å²) in [5.74, 6) is 0.854. The maximum absolute atomic E-state index is 4.98. The number of anilines is 1. The first-order valence-corrected chi connectivity index (χ1v) is 6.26. The van der Waals surface area contributed by atoms with Crippen LogP contribution in [0.2, 0.25) is 0 Å². The lowest BCUT2D eigenvalue weighted by atomic mass is 10.1. The fourth-order valence-corrected chi connectivity index (χ4v) is 2.53. The second-order valence-corrected chi connectivity index (χ2v) is 4.75. The van der Waals surface area contributed by atoms with Gasteiger partial charge in [-0.25, -0.2) is 0 Å². The zero-order chi connectivity index (χ0) is 11.7. The average molecular weight is 249 g/mol. The van der Waals surface area contributed by atoms with Crippen molar-refractivity contribution in [3.63, 3.8) is 0 Å². The van der Waals surface area contributed by atoms with Gasteiger partial charge in [-0.05, 0) is 37.2 Å². The Bertz CT molecular complexity index is 526. The molecule has 2 aromatic heterocycles. The van der Waals surface area contributed by atoms with Crippen LogP contribution in [0.15, 0.2) is 24.5 Å². The van der Waals surface area contributed by atoms with E-state index in [0.29, 0.717) is 10.8 Å². The molecule has 0 spiro atoms. The highest BCUT2D eigenvalue weighted by atomic mass is 32.1. The van der Waals surface area contributed by atoms with Crippen LogP contribution >= 0.6 is 12.2 Å². The smallest absolute Gasteiger partial charge is 0.220 e. The number of aromatic amines is 2. The molecule has 0 amide bonds. The van der Waals surface area contributed by atoms with E-state index in [1.807, 2.05) is 0 Å².